The zero-order valence-electron chi connectivity index (χ0n) is 8.47. The van der Waals surface area contributed by atoms with Crippen molar-refractivity contribution in [3.05, 3.63) is 23.8 Å². The number of benzene rings is 1. The molecule has 0 aromatic heterocycles. The van der Waals surface area contributed by atoms with Crippen LogP contribution >= 0.6 is 0 Å². The van der Waals surface area contributed by atoms with Crippen LogP contribution in [0.3, 0.4) is 0 Å². The Morgan fingerprint density at radius 3 is 2.69 bits per heavy atom. The molecule has 0 unspecified atom stereocenters. The number of nitrogens with zero attached hydrogens (tertiary/aromatic N) is 1. The zero-order chi connectivity index (χ0) is 12.2. The third-order valence-electron chi connectivity index (χ3n) is 1.88. The SMILES string of the molecule is N#Cc1ccc(N)c(NCCS(N)(=O)=O)c1. The van der Waals surface area contributed by atoms with E-state index < -0.39 is 10.0 Å². The molecule has 0 aliphatic carbocycles. The van der Waals surface area contributed by atoms with Gasteiger partial charge in [0.1, 0.15) is 0 Å². The smallest absolute Gasteiger partial charge is 0.210 e. The van der Waals surface area contributed by atoms with E-state index >= 15 is 0 Å². The summed E-state index contributed by atoms with van der Waals surface area (Å²) in [6, 6.07) is 6.68. The maximum Gasteiger partial charge on any atom is 0.210 e. The Morgan fingerprint density at radius 2 is 2.12 bits per heavy atom. The molecular weight excluding hydrogens is 228 g/mol. The molecule has 0 aliphatic heterocycles. The first kappa shape index (κ1) is 12.3. The normalized spacial score (nSPS) is 10.8. The van der Waals surface area contributed by atoms with Crippen molar-refractivity contribution in [3.63, 3.8) is 0 Å². The van der Waals surface area contributed by atoms with Gasteiger partial charge in [0.25, 0.3) is 0 Å². The summed E-state index contributed by atoms with van der Waals surface area (Å²) in [4.78, 5) is 0. The third-order valence-corrected chi connectivity index (χ3v) is 2.66. The molecule has 86 valence electrons. The third kappa shape index (κ3) is 3.76. The maximum absolute atomic E-state index is 10.7. The summed E-state index contributed by atoms with van der Waals surface area (Å²) in [7, 11) is -3.49. The van der Waals surface area contributed by atoms with Crippen molar-refractivity contribution in [1.29, 1.82) is 5.26 Å². The van der Waals surface area contributed by atoms with Crippen molar-refractivity contribution in [2.45, 2.75) is 0 Å². The lowest BCUT2D eigenvalue weighted by atomic mass is 10.2. The molecule has 1 aromatic rings. The van der Waals surface area contributed by atoms with Gasteiger partial charge in [0.2, 0.25) is 10.0 Å². The molecule has 0 saturated carbocycles. The molecule has 0 aliphatic rings. The van der Waals surface area contributed by atoms with Crippen LogP contribution in [0.25, 0.3) is 0 Å². The number of hydrogen-bond acceptors (Lipinski definition) is 5. The fourth-order valence-corrected chi connectivity index (χ4v) is 1.49. The van der Waals surface area contributed by atoms with Crippen molar-refractivity contribution in [2.75, 3.05) is 23.3 Å². The molecule has 0 bridgehead atoms. The van der Waals surface area contributed by atoms with Crippen LogP contribution in [0.4, 0.5) is 11.4 Å². The topological polar surface area (TPSA) is 122 Å². The van der Waals surface area contributed by atoms with Crippen LogP contribution in [0.2, 0.25) is 0 Å². The van der Waals surface area contributed by atoms with Gasteiger partial charge in [-0.3, -0.25) is 0 Å². The standard InChI is InChI=1S/C9H12N4O2S/c10-6-7-1-2-8(11)9(5-7)13-3-4-16(12,14)15/h1-2,5,13H,3-4,11H2,(H2,12,14,15). The highest BCUT2D eigenvalue weighted by atomic mass is 32.2. The summed E-state index contributed by atoms with van der Waals surface area (Å²) in [5.74, 6) is -0.191. The molecule has 1 aromatic carbocycles. The molecular formula is C9H12N4O2S. The Kier molecular flexibility index (Phi) is 3.71. The Hall–Kier alpha value is -1.78. The number of sulfonamides is 1. The number of rotatable bonds is 4. The van der Waals surface area contributed by atoms with E-state index in [4.69, 9.17) is 16.1 Å². The average Bonchev–Trinajstić information content (AvgIpc) is 2.19. The largest absolute Gasteiger partial charge is 0.397 e. The van der Waals surface area contributed by atoms with Gasteiger partial charge in [-0.1, -0.05) is 0 Å². The van der Waals surface area contributed by atoms with Crippen LogP contribution in [0.15, 0.2) is 18.2 Å². The van der Waals surface area contributed by atoms with E-state index in [-0.39, 0.29) is 12.3 Å². The van der Waals surface area contributed by atoms with Gasteiger partial charge in [-0.15, -0.1) is 0 Å². The van der Waals surface area contributed by atoms with E-state index in [0.717, 1.165) is 0 Å². The number of nitrogens with one attached hydrogen (secondary N) is 1. The van der Waals surface area contributed by atoms with E-state index in [1.54, 1.807) is 18.2 Å². The van der Waals surface area contributed by atoms with Gasteiger partial charge in [-0.25, -0.2) is 13.6 Å². The van der Waals surface area contributed by atoms with Gasteiger partial charge in [0.05, 0.1) is 28.8 Å². The van der Waals surface area contributed by atoms with Gasteiger partial charge in [0, 0.05) is 6.54 Å². The molecule has 0 amide bonds. The monoisotopic (exact) mass is 240 g/mol. The lowest BCUT2D eigenvalue weighted by Crippen LogP contribution is -2.22. The summed E-state index contributed by atoms with van der Waals surface area (Å²) < 4.78 is 21.4. The van der Waals surface area contributed by atoms with E-state index in [9.17, 15) is 8.42 Å². The van der Waals surface area contributed by atoms with Crippen molar-refractivity contribution in [1.82, 2.24) is 0 Å². The fraction of sp³-hybridized carbons (Fsp3) is 0.222. The first-order valence-electron chi connectivity index (χ1n) is 4.46. The van der Waals surface area contributed by atoms with Crippen LogP contribution in [0.5, 0.6) is 0 Å². The quantitative estimate of drug-likeness (QED) is 0.631. The van der Waals surface area contributed by atoms with E-state index in [1.807, 2.05) is 6.07 Å². The highest BCUT2D eigenvalue weighted by Crippen LogP contribution is 2.19. The van der Waals surface area contributed by atoms with Crippen molar-refractivity contribution < 1.29 is 8.42 Å². The van der Waals surface area contributed by atoms with E-state index in [2.05, 4.69) is 5.32 Å². The zero-order valence-corrected chi connectivity index (χ0v) is 9.29. The highest BCUT2D eigenvalue weighted by molar-refractivity contribution is 7.89. The minimum Gasteiger partial charge on any atom is -0.397 e. The number of anilines is 2. The predicted octanol–water partition coefficient (Wildman–Crippen LogP) is -0.159. The summed E-state index contributed by atoms with van der Waals surface area (Å²) in [6.45, 7) is 0.151. The molecule has 1 rings (SSSR count). The van der Waals surface area contributed by atoms with Gasteiger partial charge in [0.15, 0.2) is 0 Å². The number of nitrogen functional groups attached to an aromatic ring is 1. The lowest BCUT2D eigenvalue weighted by molar-refractivity contribution is 0.598. The molecule has 7 heteroatoms. The summed E-state index contributed by atoms with van der Waals surface area (Å²) >= 11 is 0. The molecule has 0 radical (unpaired) electrons. The summed E-state index contributed by atoms with van der Waals surface area (Å²) in [5.41, 5.74) is 7.08. The van der Waals surface area contributed by atoms with Gasteiger partial charge < -0.3 is 11.1 Å². The Bertz CT molecular complexity index is 519. The molecule has 6 nitrogen and oxygen atoms in total. The van der Waals surface area contributed by atoms with Gasteiger partial charge >= 0.3 is 0 Å². The second-order valence-electron chi connectivity index (χ2n) is 3.21. The molecule has 0 atom stereocenters. The van der Waals surface area contributed by atoms with Crippen LogP contribution in [0.1, 0.15) is 5.56 Å². The molecule has 0 fully saturated rings. The first-order valence-corrected chi connectivity index (χ1v) is 6.18. The van der Waals surface area contributed by atoms with Gasteiger partial charge in [-0.05, 0) is 18.2 Å². The van der Waals surface area contributed by atoms with Crippen LogP contribution in [0, 0.1) is 11.3 Å². The fourth-order valence-electron chi connectivity index (χ4n) is 1.11. The minimum atomic E-state index is -3.49. The van der Waals surface area contributed by atoms with Crippen molar-refractivity contribution >= 4 is 21.4 Å². The van der Waals surface area contributed by atoms with E-state index in [1.165, 1.54) is 0 Å². The average molecular weight is 240 g/mol. The molecule has 16 heavy (non-hydrogen) atoms. The molecule has 5 N–H and O–H groups in total. The first-order chi connectivity index (χ1) is 7.42. The lowest BCUT2D eigenvalue weighted by Gasteiger charge is -2.08. The molecule has 0 heterocycles. The Balaban J connectivity index is 2.71. The van der Waals surface area contributed by atoms with E-state index in [0.29, 0.717) is 16.9 Å². The molecule has 0 spiro atoms. The van der Waals surface area contributed by atoms with Crippen molar-refractivity contribution in [3.8, 4) is 6.07 Å². The van der Waals surface area contributed by atoms with Crippen LogP contribution < -0.4 is 16.2 Å². The highest BCUT2D eigenvalue weighted by Gasteiger charge is 2.04. The van der Waals surface area contributed by atoms with Crippen LogP contribution in [-0.4, -0.2) is 20.7 Å². The number of nitrogens with two attached hydrogens (primary N) is 2. The number of hydrogen-bond donors (Lipinski definition) is 3. The number of primary sulfonamides is 1. The Labute approximate surface area is 93.9 Å². The summed E-state index contributed by atoms with van der Waals surface area (Å²) in [6.07, 6.45) is 0. The second kappa shape index (κ2) is 4.83. The van der Waals surface area contributed by atoms with Gasteiger partial charge in [-0.2, -0.15) is 5.26 Å². The number of nitriles is 1. The van der Waals surface area contributed by atoms with Crippen molar-refractivity contribution in [2.24, 2.45) is 5.14 Å². The predicted molar refractivity (Wildman–Crippen MR) is 62.0 cm³/mol. The molecule has 0 saturated heterocycles. The maximum atomic E-state index is 10.7. The van der Waals surface area contributed by atoms with Crippen LogP contribution in [-0.2, 0) is 10.0 Å². The minimum absolute atomic E-state index is 0.151. The Morgan fingerprint density at radius 1 is 1.44 bits per heavy atom. The second-order valence-corrected chi connectivity index (χ2v) is 4.94. The summed E-state index contributed by atoms with van der Waals surface area (Å²) in [5, 5.41) is 16.3.